The van der Waals surface area contributed by atoms with Crippen molar-refractivity contribution in [3.05, 3.63) is 29.6 Å². The third kappa shape index (κ3) is 4.91. The van der Waals surface area contributed by atoms with E-state index in [4.69, 9.17) is 9.84 Å². The summed E-state index contributed by atoms with van der Waals surface area (Å²) in [6.45, 7) is 0.196. The number of hydrogen-bond donors (Lipinski definition) is 1. The van der Waals surface area contributed by atoms with Crippen LogP contribution in [0.2, 0.25) is 0 Å². The highest BCUT2D eigenvalue weighted by Crippen LogP contribution is 2.60. The Balaban J connectivity index is 1.55. The number of halogens is 4. The summed E-state index contributed by atoms with van der Waals surface area (Å²) in [7, 11) is 0. The van der Waals surface area contributed by atoms with Crippen LogP contribution in [-0.2, 0) is 16.0 Å². The summed E-state index contributed by atoms with van der Waals surface area (Å²) in [5, 5.41) is 8.90. The van der Waals surface area contributed by atoms with Gasteiger partial charge in [0.25, 0.3) is 0 Å². The standard InChI is InChI=1S/C19H22F4O4/c20-15-2-1-14(27-19(21,22)23)11-13(15)4-10-26-18-8-6-17(12-18,7-9-18)5-3-16(24)25/h1-2,11H,3-10,12H2,(H,24,25)/t17-,18-. The topological polar surface area (TPSA) is 55.8 Å². The van der Waals surface area contributed by atoms with Crippen LogP contribution in [0, 0.1) is 11.2 Å². The van der Waals surface area contributed by atoms with Gasteiger partial charge in [-0.2, -0.15) is 0 Å². The normalized spacial score (nSPS) is 27.1. The van der Waals surface area contributed by atoms with Gasteiger partial charge in [0, 0.05) is 6.42 Å². The van der Waals surface area contributed by atoms with Crippen molar-refractivity contribution in [1.29, 1.82) is 0 Å². The Bertz CT molecular complexity index is 693. The van der Waals surface area contributed by atoms with E-state index in [1.54, 1.807) is 0 Å². The predicted octanol–water partition coefficient (Wildman–Crippen LogP) is 4.85. The number of benzene rings is 1. The smallest absolute Gasteiger partial charge is 0.481 e. The van der Waals surface area contributed by atoms with E-state index in [0.717, 1.165) is 50.3 Å². The number of aliphatic carboxylic acids is 1. The average Bonchev–Trinajstić information content (AvgIpc) is 3.11. The number of fused-ring (bicyclic) bond motifs is 2. The van der Waals surface area contributed by atoms with Gasteiger partial charge in [0.2, 0.25) is 0 Å². The molecule has 0 spiro atoms. The summed E-state index contributed by atoms with van der Waals surface area (Å²) in [5.41, 5.74) is -0.180. The van der Waals surface area contributed by atoms with Crippen LogP contribution < -0.4 is 4.74 Å². The van der Waals surface area contributed by atoms with Crippen LogP contribution in [0.4, 0.5) is 17.6 Å². The first-order chi connectivity index (χ1) is 12.6. The molecule has 0 radical (unpaired) electrons. The van der Waals surface area contributed by atoms with Crippen LogP contribution in [0.5, 0.6) is 5.75 Å². The van der Waals surface area contributed by atoms with Crippen LogP contribution in [0.15, 0.2) is 18.2 Å². The van der Waals surface area contributed by atoms with E-state index in [9.17, 15) is 22.4 Å². The Labute approximate surface area is 154 Å². The van der Waals surface area contributed by atoms with E-state index in [2.05, 4.69) is 4.74 Å². The lowest BCUT2D eigenvalue weighted by atomic mass is 9.80. The fourth-order valence-electron chi connectivity index (χ4n) is 4.50. The molecular weight excluding hydrogens is 368 g/mol. The summed E-state index contributed by atoms with van der Waals surface area (Å²) >= 11 is 0. The second-order valence-electron chi connectivity index (χ2n) is 7.65. The van der Waals surface area contributed by atoms with E-state index >= 15 is 0 Å². The summed E-state index contributed by atoms with van der Waals surface area (Å²) in [5.74, 6) is -1.85. The van der Waals surface area contributed by atoms with Crippen molar-refractivity contribution in [2.45, 2.75) is 63.3 Å². The number of carbonyl (C=O) groups is 1. The predicted molar refractivity (Wildman–Crippen MR) is 87.9 cm³/mol. The van der Waals surface area contributed by atoms with Gasteiger partial charge in [-0.25, -0.2) is 4.39 Å². The molecule has 2 aliphatic rings. The van der Waals surface area contributed by atoms with Crippen LogP contribution in [-0.4, -0.2) is 29.6 Å². The van der Waals surface area contributed by atoms with E-state index in [0.29, 0.717) is 6.42 Å². The lowest BCUT2D eigenvalue weighted by Crippen LogP contribution is -2.27. The van der Waals surface area contributed by atoms with Crippen molar-refractivity contribution >= 4 is 5.97 Å². The quantitative estimate of drug-likeness (QED) is 0.645. The molecule has 27 heavy (non-hydrogen) atoms. The van der Waals surface area contributed by atoms with Crippen LogP contribution in [0.25, 0.3) is 0 Å². The summed E-state index contributed by atoms with van der Waals surface area (Å²) in [6, 6.07) is 2.94. The molecular formula is C19H22F4O4. The molecule has 2 fully saturated rings. The van der Waals surface area contributed by atoms with Gasteiger partial charge in [0.05, 0.1) is 12.2 Å². The molecule has 2 saturated carbocycles. The zero-order valence-electron chi connectivity index (χ0n) is 14.8. The van der Waals surface area contributed by atoms with Crippen LogP contribution in [0.1, 0.15) is 50.5 Å². The Kier molecular flexibility index (Phi) is 5.38. The van der Waals surface area contributed by atoms with Gasteiger partial charge in [0.1, 0.15) is 11.6 Å². The van der Waals surface area contributed by atoms with E-state index in [1.165, 1.54) is 0 Å². The fraction of sp³-hybridized carbons (Fsp3) is 0.632. The van der Waals surface area contributed by atoms with Gasteiger partial charge in [0.15, 0.2) is 0 Å². The maximum absolute atomic E-state index is 13.9. The third-order valence-electron chi connectivity index (χ3n) is 5.82. The van der Waals surface area contributed by atoms with E-state index < -0.39 is 23.9 Å². The van der Waals surface area contributed by atoms with Crippen molar-refractivity contribution in [1.82, 2.24) is 0 Å². The SMILES string of the molecule is O=C(O)CC[C@]12CC[C@](OCCc3cc(OC(F)(F)F)ccc3F)(CC1)C2. The molecule has 8 heteroatoms. The zero-order chi connectivity index (χ0) is 19.7. The van der Waals surface area contributed by atoms with Gasteiger partial charge in [-0.15, -0.1) is 13.2 Å². The van der Waals surface area contributed by atoms with Crippen molar-refractivity contribution < 1.29 is 36.9 Å². The van der Waals surface area contributed by atoms with Crippen molar-refractivity contribution in [2.75, 3.05) is 6.61 Å². The fourth-order valence-corrected chi connectivity index (χ4v) is 4.50. The van der Waals surface area contributed by atoms with Crippen molar-refractivity contribution in [2.24, 2.45) is 5.41 Å². The maximum Gasteiger partial charge on any atom is 0.573 e. The molecule has 2 aliphatic carbocycles. The van der Waals surface area contributed by atoms with Crippen LogP contribution >= 0.6 is 0 Å². The number of carboxylic acid groups (broad SMARTS) is 1. The highest BCUT2D eigenvalue weighted by Gasteiger charge is 2.54. The number of alkyl halides is 3. The maximum atomic E-state index is 13.9. The molecule has 1 N–H and O–H groups in total. The Morgan fingerprint density at radius 3 is 2.52 bits per heavy atom. The Hall–Kier alpha value is -1.83. The summed E-state index contributed by atoms with van der Waals surface area (Å²) in [6.07, 6.45) is 0.424. The highest BCUT2D eigenvalue weighted by atomic mass is 19.4. The average molecular weight is 390 g/mol. The number of carboxylic acids is 1. The largest absolute Gasteiger partial charge is 0.573 e. The molecule has 150 valence electrons. The van der Waals surface area contributed by atoms with Gasteiger partial charge in [-0.1, -0.05) is 0 Å². The zero-order valence-corrected chi connectivity index (χ0v) is 14.8. The second-order valence-corrected chi connectivity index (χ2v) is 7.65. The first-order valence-corrected chi connectivity index (χ1v) is 9.00. The minimum atomic E-state index is -4.82. The minimum absolute atomic E-state index is 0.0180. The molecule has 2 bridgehead atoms. The first-order valence-electron chi connectivity index (χ1n) is 9.00. The van der Waals surface area contributed by atoms with Gasteiger partial charge in [-0.05, 0) is 74.1 Å². The van der Waals surface area contributed by atoms with Gasteiger partial charge in [-0.3, -0.25) is 4.79 Å². The molecule has 0 aromatic heterocycles. The van der Waals surface area contributed by atoms with Crippen molar-refractivity contribution in [3.63, 3.8) is 0 Å². The molecule has 3 rings (SSSR count). The number of rotatable bonds is 8. The number of ether oxygens (including phenoxy) is 2. The summed E-state index contributed by atoms with van der Waals surface area (Å²) < 4.78 is 60.6. The monoisotopic (exact) mass is 390 g/mol. The molecule has 4 nitrogen and oxygen atoms in total. The minimum Gasteiger partial charge on any atom is -0.481 e. The first kappa shape index (κ1) is 19.9. The molecule has 0 atom stereocenters. The molecule has 0 amide bonds. The molecule has 0 unspecified atom stereocenters. The van der Waals surface area contributed by atoms with Gasteiger partial charge >= 0.3 is 12.3 Å². The third-order valence-corrected chi connectivity index (χ3v) is 5.82. The highest BCUT2D eigenvalue weighted by molar-refractivity contribution is 5.66. The number of hydrogen-bond acceptors (Lipinski definition) is 3. The van der Waals surface area contributed by atoms with E-state index in [-0.39, 0.29) is 36.0 Å². The molecule has 0 aliphatic heterocycles. The molecule has 1 aromatic rings. The van der Waals surface area contributed by atoms with E-state index in [1.807, 2.05) is 0 Å². The molecule has 0 saturated heterocycles. The lowest BCUT2D eigenvalue weighted by Gasteiger charge is -2.28. The second kappa shape index (κ2) is 7.30. The summed E-state index contributed by atoms with van der Waals surface area (Å²) in [4.78, 5) is 10.8. The Morgan fingerprint density at radius 1 is 1.19 bits per heavy atom. The molecule has 0 heterocycles. The van der Waals surface area contributed by atoms with Crippen molar-refractivity contribution in [3.8, 4) is 5.75 Å². The molecule has 1 aromatic carbocycles. The Morgan fingerprint density at radius 2 is 1.89 bits per heavy atom. The lowest BCUT2D eigenvalue weighted by molar-refractivity contribution is -0.274. The van der Waals surface area contributed by atoms with Crippen LogP contribution in [0.3, 0.4) is 0 Å². The van der Waals surface area contributed by atoms with Gasteiger partial charge < -0.3 is 14.6 Å².